The van der Waals surface area contributed by atoms with Gasteiger partial charge in [-0.2, -0.15) is 0 Å². The maximum atomic E-state index is 12.8. The van der Waals surface area contributed by atoms with Gasteiger partial charge in [0.15, 0.2) is 0 Å². The summed E-state index contributed by atoms with van der Waals surface area (Å²) < 4.78 is 10.6. The van der Waals surface area contributed by atoms with E-state index >= 15 is 0 Å². The lowest BCUT2D eigenvalue weighted by molar-refractivity contribution is -0.152. The molecular formula is C21H26ClNO4. The number of rotatable bonds is 5. The molecule has 5 nitrogen and oxygen atoms in total. The number of hydrogen-bond acceptors (Lipinski definition) is 4. The molecule has 1 aromatic carbocycles. The smallest absolute Gasteiger partial charge is 0.407 e. The molecule has 1 unspecified atom stereocenters. The van der Waals surface area contributed by atoms with Gasteiger partial charge in [-0.1, -0.05) is 48.0 Å². The first-order valence-corrected chi connectivity index (χ1v) is 9.32. The summed E-state index contributed by atoms with van der Waals surface area (Å²) in [6, 6.07) is 9.62. The number of esters is 1. The quantitative estimate of drug-likeness (QED) is 0.740. The van der Waals surface area contributed by atoms with Gasteiger partial charge in [0.1, 0.15) is 11.0 Å². The average Bonchev–Trinajstić information content (AvgIpc) is 2.61. The van der Waals surface area contributed by atoms with E-state index in [-0.39, 0.29) is 13.2 Å². The predicted octanol–water partition coefficient (Wildman–Crippen LogP) is 4.67. The molecule has 0 spiro atoms. The Bertz CT molecular complexity index is 749. The minimum atomic E-state index is -1.05. The van der Waals surface area contributed by atoms with Crippen molar-refractivity contribution in [2.45, 2.75) is 39.7 Å². The van der Waals surface area contributed by atoms with Crippen LogP contribution in [-0.4, -0.2) is 30.8 Å². The second-order valence-electron chi connectivity index (χ2n) is 7.43. The standard InChI is InChI=1S/C21H26ClNO4/c1-5-26-18(24)21(14-23-19(25)27-20(2,3)4)12-11-17(22)16(13-21)15-9-7-6-8-10-15/h6-12H,5,13-14H2,1-4H3,(H,23,25). The van der Waals surface area contributed by atoms with E-state index in [9.17, 15) is 9.59 Å². The number of carbonyl (C=O) groups excluding carboxylic acids is 2. The highest BCUT2D eigenvalue weighted by Gasteiger charge is 2.41. The molecule has 146 valence electrons. The van der Waals surface area contributed by atoms with E-state index in [1.807, 2.05) is 30.3 Å². The average molecular weight is 392 g/mol. The lowest BCUT2D eigenvalue weighted by atomic mass is 9.76. The molecule has 27 heavy (non-hydrogen) atoms. The van der Waals surface area contributed by atoms with Crippen LogP contribution in [0.3, 0.4) is 0 Å². The zero-order valence-electron chi connectivity index (χ0n) is 16.2. The highest BCUT2D eigenvalue weighted by molar-refractivity contribution is 6.34. The van der Waals surface area contributed by atoms with Gasteiger partial charge >= 0.3 is 12.1 Å². The van der Waals surface area contributed by atoms with Crippen LogP contribution in [0.1, 0.15) is 39.7 Å². The molecule has 1 amide bonds. The Morgan fingerprint density at radius 3 is 2.48 bits per heavy atom. The highest BCUT2D eigenvalue weighted by atomic mass is 35.5. The zero-order valence-corrected chi connectivity index (χ0v) is 16.9. The maximum Gasteiger partial charge on any atom is 0.407 e. The van der Waals surface area contributed by atoms with Crippen molar-refractivity contribution in [2.24, 2.45) is 5.41 Å². The summed E-state index contributed by atoms with van der Waals surface area (Å²) in [7, 11) is 0. The van der Waals surface area contributed by atoms with Gasteiger partial charge in [0.25, 0.3) is 0 Å². The molecule has 0 bridgehead atoms. The predicted molar refractivity (Wildman–Crippen MR) is 106 cm³/mol. The van der Waals surface area contributed by atoms with Crippen molar-refractivity contribution in [1.29, 1.82) is 0 Å². The highest BCUT2D eigenvalue weighted by Crippen LogP contribution is 2.41. The van der Waals surface area contributed by atoms with Crippen LogP contribution in [0.25, 0.3) is 5.57 Å². The maximum absolute atomic E-state index is 12.8. The van der Waals surface area contributed by atoms with Crippen LogP contribution in [0, 0.1) is 5.41 Å². The summed E-state index contributed by atoms with van der Waals surface area (Å²) >= 11 is 6.40. The van der Waals surface area contributed by atoms with E-state index in [1.165, 1.54) is 0 Å². The SMILES string of the molecule is CCOC(=O)C1(CNC(=O)OC(C)(C)C)C=CC(Cl)=C(c2ccccc2)C1. The Balaban J connectivity index is 2.26. The van der Waals surface area contributed by atoms with Crippen LogP contribution in [0.4, 0.5) is 4.79 Å². The van der Waals surface area contributed by atoms with Gasteiger partial charge in [-0.15, -0.1) is 0 Å². The van der Waals surface area contributed by atoms with E-state index in [0.717, 1.165) is 11.1 Å². The molecular weight excluding hydrogens is 366 g/mol. The first kappa shape index (κ1) is 21.0. The molecule has 0 saturated carbocycles. The molecule has 0 radical (unpaired) electrons. The Morgan fingerprint density at radius 1 is 1.22 bits per heavy atom. The fraction of sp³-hybridized carbons (Fsp3) is 0.429. The van der Waals surface area contributed by atoms with Crippen LogP contribution >= 0.6 is 11.6 Å². The summed E-state index contributed by atoms with van der Waals surface area (Å²) in [6.07, 6.45) is 3.14. The van der Waals surface area contributed by atoms with Crippen molar-refractivity contribution in [3.05, 3.63) is 53.1 Å². The summed E-state index contributed by atoms with van der Waals surface area (Å²) in [5, 5.41) is 3.26. The summed E-state index contributed by atoms with van der Waals surface area (Å²) in [5.41, 5.74) is 0.0926. The molecule has 1 aromatic rings. The van der Waals surface area contributed by atoms with Crippen LogP contribution < -0.4 is 5.32 Å². The molecule has 0 heterocycles. The summed E-state index contributed by atoms with van der Waals surface area (Å²) in [5.74, 6) is -0.407. The molecule has 0 aliphatic heterocycles. The Kier molecular flexibility index (Phi) is 6.71. The number of alkyl carbamates (subject to hydrolysis) is 1. The monoisotopic (exact) mass is 391 g/mol. The first-order valence-electron chi connectivity index (χ1n) is 8.94. The van der Waals surface area contributed by atoms with E-state index < -0.39 is 23.1 Å². The molecule has 1 aliphatic carbocycles. The number of carbonyl (C=O) groups is 2. The molecule has 1 atom stereocenters. The molecule has 1 N–H and O–H groups in total. The van der Waals surface area contributed by atoms with E-state index in [2.05, 4.69) is 5.32 Å². The van der Waals surface area contributed by atoms with Crippen LogP contribution in [0.5, 0.6) is 0 Å². The minimum Gasteiger partial charge on any atom is -0.465 e. The van der Waals surface area contributed by atoms with Gasteiger partial charge < -0.3 is 14.8 Å². The lowest BCUT2D eigenvalue weighted by Gasteiger charge is -2.33. The zero-order chi connectivity index (χ0) is 20.1. The van der Waals surface area contributed by atoms with Crippen LogP contribution in [0.2, 0.25) is 0 Å². The number of hydrogen-bond donors (Lipinski definition) is 1. The van der Waals surface area contributed by atoms with Crippen molar-refractivity contribution in [3.8, 4) is 0 Å². The molecule has 0 fully saturated rings. The van der Waals surface area contributed by atoms with Crippen molar-refractivity contribution in [3.63, 3.8) is 0 Å². The Labute approximate surface area is 165 Å². The first-order chi connectivity index (χ1) is 12.7. The molecule has 0 aromatic heterocycles. The Morgan fingerprint density at radius 2 is 1.89 bits per heavy atom. The number of halogens is 1. The van der Waals surface area contributed by atoms with Gasteiger partial charge in [0, 0.05) is 11.6 Å². The molecule has 6 heteroatoms. The third-order valence-corrected chi connectivity index (χ3v) is 4.43. The van der Waals surface area contributed by atoms with Crippen LogP contribution in [0.15, 0.2) is 47.5 Å². The normalized spacial score (nSPS) is 19.6. The number of nitrogens with one attached hydrogen (secondary N) is 1. The second kappa shape index (κ2) is 8.61. The second-order valence-corrected chi connectivity index (χ2v) is 7.84. The minimum absolute atomic E-state index is 0.0533. The largest absolute Gasteiger partial charge is 0.465 e. The fourth-order valence-electron chi connectivity index (χ4n) is 2.82. The molecule has 1 aliphatic rings. The van der Waals surface area contributed by atoms with Gasteiger partial charge in [-0.25, -0.2) is 4.79 Å². The van der Waals surface area contributed by atoms with Gasteiger partial charge in [-0.3, -0.25) is 4.79 Å². The molecule has 0 saturated heterocycles. The van der Waals surface area contributed by atoms with Crippen LogP contribution in [-0.2, 0) is 14.3 Å². The van der Waals surface area contributed by atoms with E-state index in [1.54, 1.807) is 39.8 Å². The summed E-state index contributed by atoms with van der Waals surface area (Å²) in [4.78, 5) is 24.9. The van der Waals surface area contributed by atoms with E-state index in [0.29, 0.717) is 11.5 Å². The third kappa shape index (κ3) is 5.60. The Hall–Kier alpha value is -2.27. The van der Waals surface area contributed by atoms with Crippen molar-refractivity contribution >= 4 is 29.2 Å². The van der Waals surface area contributed by atoms with Gasteiger partial charge in [0.05, 0.1) is 6.61 Å². The fourth-order valence-corrected chi connectivity index (χ4v) is 3.06. The van der Waals surface area contributed by atoms with Crippen molar-refractivity contribution in [1.82, 2.24) is 5.32 Å². The number of ether oxygens (including phenoxy) is 2. The lowest BCUT2D eigenvalue weighted by Crippen LogP contribution is -2.45. The van der Waals surface area contributed by atoms with Crippen molar-refractivity contribution < 1.29 is 19.1 Å². The van der Waals surface area contributed by atoms with Crippen molar-refractivity contribution in [2.75, 3.05) is 13.2 Å². The topological polar surface area (TPSA) is 64.6 Å². The third-order valence-electron chi connectivity index (χ3n) is 4.08. The van der Waals surface area contributed by atoms with E-state index in [4.69, 9.17) is 21.1 Å². The van der Waals surface area contributed by atoms with Gasteiger partial charge in [-0.05, 0) is 51.3 Å². The van der Waals surface area contributed by atoms with Gasteiger partial charge in [0.2, 0.25) is 0 Å². The molecule has 2 rings (SSSR count). The number of allylic oxidation sites excluding steroid dienone is 3. The number of amides is 1. The number of benzene rings is 1. The summed E-state index contributed by atoms with van der Waals surface area (Å²) in [6.45, 7) is 7.40.